The third kappa shape index (κ3) is 29.8. The zero-order valence-corrected chi connectivity index (χ0v) is 21.8. The van der Waals surface area contributed by atoms with Crippen LogP contribution in [0, 0.1) is 0 Å². The summed E-state index contributed by atoms with van der Waals surface area (Å²) in [6, 6.07) is 0. The van der Waals surface area contributed by atoms with Crippen molar-refractivity contribution in [2.24, 2.45) is 0 Å². The normalized spacial score (nSPS) is 11.5. The van der Waals surface area contributed by atoms with Gasteiger partial charge < -0.3 is 9.29 Å². The molecule has 0 spiro atoms. The van der Waals surface area contributed by atoms with E-state index in [-0.39, 0.29) is 64.6 Å². The summed E-state index contributed by atoms with van der Waals surface area (Å²) in [5.74, 6) is 0. The summed E-state index contributed by atoms with van der Waals surface area (Å²) in [5.41, 5.74) is 0. The maximum atomic E-state index is 10.2. The SMILES string of the molecule is CCCCCCCCCCCCCCCCCCOCCOS(=O)(=O)[O-].[K+]. The maximum Gasteiger partial charge on any atom is 1.00 e. The molecule has 0 aliphatic rings. The van der Waals surface area contributed by atoms with Crippen LogP contribution in [0.25, 0.3) is 0 Å². The van der Waals surface area contributed by atoms with E-state index in [1.165, 1.54) is 89.9 Å². The largest absolute Gasteiger partial charge is 1.00 e. The van der Waals surface area contributed by atoms with Crippen LogP contribution in [-0.4, -0.2) is 32.8 Å². The van der Waals surface area contributed by atoms with Crippen molar-refractivity contribution in [3.63, 3.8) is 0 Å². The molecule has 0 heterocycles. The molecule has 27 heavy (non-hydrogen) atoms. The Bertz CT molecular complexity index is 377. The molecule has 0 N–H and O–H groups in total. The van der Waals surface area contributed by atoms with E-state index in [0.29, 0.717) is 6.61 Å². The molecular weight excluding hydrogens is 391 g/mol. The summed E-state index contributed by atoms with van der Waals surface area (Å²) in [5, 5.41) is 0. The minimum Gasteiger partial charge on any atom is -0.726 e. The summed E-state index contributed by atoms with van der Waals surface area (Å²) in [6.07, 6.45) is 21.3. The van der Waals surface area contributed by atoms with Crippen molar-refractivity contribution in [3.8, 4) is 0 Å². The first-order valence-electron chi connectivity index (χ1n) is 10.7. The second kappa shape index (κ2) is 23.7. The molecule has 0 amide bonds. The third-order valence-electron chi connectivity index (χ3n) is 4.60. The van der Waals surface area contributed by atoms with Gasteiger partial charge in [-0.25, -0.2) is 8.42 Å². The van der Waals surface area contributed by atoms with E-state index in [0.717, 1.165) is 12.8 Å². The molecule has 0 rings (SSSR count). The van der Waals surface area contributed by atoms with E-state index in [2.05, 4.69) is 11.1 Å². The minimum atomic E-state index is -4.58. The van der Waals surface area contributed by atoms with E-state index in [9.17, 15) is 13.0 Å². The van der Waals surface area contributed by atoms with Crippen LogP contribution in [0.2, 0.25) is 0 Å². The van der Waals surface area contributed by atoms with Gasteiger partial charge in [-0.3, -0.25) is 4.18 Å². The first-order valence-corrected chi connectivity index (χ1v) is 12.1. The predicted octanol–water partition coefficient (Wildman–Crippen LogP) is 2.75. The van der Waals surface area contributed by atoms with Crippen molar-refractivity contribution in [2.75, 3.05) is 19.8 Å². The molecule has 0 aromatic heterocycles. The van der Waals surface area contributed by atoms with Gasteiger partial charge in [0.1, 0.15) is 0 Å². The van der Waals surface area contributed by atoms with Crippen LogP contribution in [0.15, 0.2) is 0 Å². The van der Waals surface area contributed by atoms with E-state index >= 15 is 0 Å². The van der Waals surface area contributed by atoms with Gasteiger partial charge in [-0.2, -0.15) is 0 Å². The van der Waals surface area contributed by atoms with Crippen molar-refractivity contribution >= 4 is 10.4 Å². The second-order valence-electron chi connectivity index (χ2n) is 7.15. The number of hydrogen-bond donors (Lipinski definition) is 0. The van der Waals surface area contributed by atoms with Crippen LogP contribution in [0.5, 0.6) is 0 Å². The Kier molecular flexibility index (Phi) is 27.0. The number of hydrogen-bond acceptors (Lipinski definition) is 5. The fraction of sp³-hybridized carbons (Fsp3) is 1.00. The van der Waals surface area contributed by atoms with Crippen LogP contribution in [0.4, 0.5) is 0 Å². The van der Waals surface area contributed by atoms with Gasteiger partial charge in [0.25, 0.3) is 0 Å². The first-order chi connectivity index (χ1) is 12.6. The molecule has 0 saturated carbocycles. The molecule has 0 unspecified atom stereocenters. The fourth-order valence-electron chi connectivity index (χ4n) is 3.05. The zero-order chi connectivity index (χ0) is 19.3. The predicted molar refractivity (Wildman–Crippen MR) is 106 cm³/mol. The van der Waals surface area contributed by atoms with Gasteiger partial charge >= 0.3 is 51.4 Å². The molecule has 0 aromatic rings. The fourth-order valence-corrected chi connectivity index (χ4v) is 3.32. The van der Waals surface area contributed by atoms with E-state index in [1.54, 1.807) is 0 Å². The Morgan fingerprint density at radius 1 is 0.593 bits per heavy atom. The van der Waals surface area contributed by atoms with Gasteiger partial charge in [0.05, 0.1) is 13.2 Å². The molecule has 0 fully saturated rings. The van der Waals surface area contributed by atoms with Crippen molar-refractivity contribution in [3.05, 3.63) is 0 Å². The van der Waals surface area contributed by atoms with Gasteiger partial charge in [0, 0.05) is 6.61 Å². The topological polar surface area (TPSA) is 75.7 Å². The number of unbranched alkanes of at least 4 members (excludes halogenated alkanes) is 15. The second-order valence-corrected chi connectivity index (χ2v) is 8.20. The molecule has 0 aliphatic heterocycles. The maximum absolute atomic E-state index is 10.2. The summed E-state index contributed by atoms with van der Waals surface area (Å²) in [6.45, 7) is 2.83. The Balaban J connectivity index is 0. The third-order valence-corrected chi connectivity index (χ3v) is 5.05. The monoisotopic (exact) mass is 432 g/mol. The number of rotatable bonds is 21. The molecule has 5 nitrogen and oxygen atoms in total. The van der Waals surface area contributed by atoms with E-state index in [1.807, 2.05) is 0 Å². The van der Waals surface area contributed by atoms with Crippen LogP contribution in [0.3, 0.4) is 0 Å². The van der Waals surface area contributed by atoms with Crippen molar-refractivity contribution in [1.29, 1.82) is 0 Å². The van der Waals surface area contributed by atoms with E-state index in [4.69, 9.17) is 4.74 Å². The van der Waals surface area contributed by atoms with Crippen LogP contribution < -0.4 is 51.4 Å². The summed E-state index contributed by atoms with van der Waals surface area (Å²) in [4.78, 5) is 0. The Morgan fingerprint density at radius 3 is 1.33 bits per heavy atom. The summed E-state index contributed by atoms with van der Waals surface area (Å²) in [7, 11) is -4.58. The van der Waals surface area contributed by atoms with Crippen LogP contribution in [0.1, 0.15) is 110 Å². The standard InChI is InChI=1S/C20H42O5S.K/c1-2-3-4-5-6-7-8-9-10-11-12-13-14-15-16-17-18-24-19-20-25-26(21,22)23;/h2-20H2,1H3,(H,21,22,23);/q;+1/p-1. The molecular formula is C20H41KO5S. The minimum absolute atomic E-state index is 0. The molecule has 0 radical (unpaired) electrons. The van der Waals surface area contributed by atoms with Crippen molar-refractivity contribution in [1.82, 2.24) is 0 Å². The van der Waals surface area contributed by atoms with E-state index < -0.39 is 10.4 Å². The average Bonchev–Trinajstić information content (AvgIpc) is 2.59. The smallest absolute Gasteiger partial charge is 0.726 e. The molecule has 0 aliphatic carbocycles. The average molecular weight is 433 g/mol. The Labute approximate surface area is 211 Å². The van der Waals surface area contributed by atoms with Gasteiger partial charge in [-0.15, -0.1) is 0 Å². The molecule has 0 bridgehead atoms. The summed E-state index contributed by atoms with van der Waals surface area (Å²) < 4.78 is 39.8. The Morgan fingerprint density at radius 2 is 0.963 bits per heavy atom. The Hall–Kier alpha value is 1.47. The number of ether oxygens (including phenoxy) is 1. The molecule has 7 heteroatoms. The van der Waals surface area contributed by atoms with Crippen molar-refractivity contribution < 1.29 is 73.3 Å². The molecule has 158 valence electrons. The van der Waals surface area contributed by atoms with Crippen molar-refractivity contribution in [2.45, 2.75) is 110 Å². The molecule has 0 saturated heterocycles. The van der Waals surface area contributed by atoms with Crippen LogP contribution in [-0.2, 0) is 19.3 Å². The van der Waals surface area contributed by atoms with Gasteiger partial charge in [0.15, 0.2) is 0 Å². The molecule has 0 atom stereocenters. The zero-order valence-electron chi connectivity index (χ0n) is 17.9. The first kappa shape index (κ1) is 30.7. The van der Waals surface area contributed by atoms with Crippen LogP contribution >= 0.6 is 0 Å². The summed E-state index contributed by atoms with van der Waals surface area (Å²) >= 11 is 0. The quantitative estimate of drug-likeness (QED) is 0.121. The molecule has 0 aromatic carbocycles. The van der Waals surface area contributed by atoms with Gasteiger partial charge in [-0.05, 0) is 6.42 Å². The van der Waals surface area contributed by atoms with Gasteiger partial charge in [0.2, 0.25) is 10.4 Å². The van der Waals surface area contributed by atoms with Gasteiger partial charge in [-0.1, -0.05) is 103 Å².